The monoisotopic (exact) mass is 270 g/mol. The summed E-state index contributed by atoms with van der Waals surface area (Å²) in [6, 6.07) is 0. The molecule has 0 aliphatic rings. The van der Waals surface area contributed by atoms with Gasteiger partial charge in [-0.15, -0.1) is 0 Å². The summed E-state index contributed by atoms with van der Waals surface area (Å²) in [7, 11) is 0. The molecule has 0 rings (SSSR count). The van der Waals surface area contributed by atoms with Gasteiger partial charge in [0.2, 0.25) is 0 Å². The van der Waals surface area contributed by atoms with E-state index < -0.39 is 27.1 Å². The topological polar surface area (TPSA) is 0 Å². The van der Waals surface area contributed by atoms with E-state index in [4.69, 9.17) is 0 Å². The van der Waals surface area contributed by atoms with Crippen molar-refractivity contribution in [2.75, 3.05) is 0 Å². The molecular formula is C8H24As2. The van der Waals surface area contributed by atoms with E-state index >= 15 is 0 Å². The second-order valence-corrected chi connectivity index (χ2v) is 29.2. The van der Waals surface area contributed by atoms with Crippen LogP contribution in [0.15, 0.2) is 0 Å². The summed E-state index contributed by atoms with van der Waals surface area (Å²) < 4.78 is 0. The third kappa shape index (κ3) is 9.12. The van der Waals surface area contributed by atoms with E-state index in [0.29, 0.717) is 0 Å². The maximum atomic E-state index is 2.52. The van der Waals surface area contributed by atoms with E-state index in [0.717, 1.165) is 0 Å². The van der Waals surface area contributed by atoms with Crippen LogP contribution in [0, 0.1) is 0 Å². The third-order valence-corrected chi connectivity index (χ3v) is 11.2. The summed E-state index contributed by atoms with van der Waals surface area (Å²) in [5, 5.41) is 3.20. The Bertz CT molecular complexity index is 80.8. The van der Waals surface area contributed by atoms with Crippen molar-refractivity contribution in [1.29, 1.82) is 0 Å². The van der Waals surface area contributed by atoms with Crippen LogP contribution in [0.4, 0.5) is 0 Å². The molecule has 0 atom stereocenters. The van der Waals surface area contributed by atoms with Gasteiger partial charge in [-0.2, -0.15) is 0 Å². The fourth-order valence-corrected chi connectivity index (χ4v) is 20.2. The Morgan fingerprint density at radius 3 is 0.900 bits per heavy atom. The molecule has 0 saturated heterocycles. The summed E-state index contributed by atoms with van der Waals surface area (Å²) >= 11 is -2.33. The molecule has 0 fully saturated rings. The Balaban J connectivity index is 3.56. The van der Waals surface area contributed by atoms with Gasteiger partial charge in [-0.05, 0) is 0 Å². The van der Waals surface area contributed by atoms with Gasteiger partial charge in [-0.25, -0.2) is 0 Å². The van der Waals surface area contributed by atoms with Gasteiger partial charge in [0.15, 0.2) is 0 Å². The van der Waals surface area contributed by atoms with Crippen LogP contribution in [0.1, 0.15) is 0 Å². The molecule has 0 saturated carbocycles. The molecule has 0 aromatic rings. The third-order valence-electron chi connectivity index (χ3n) is 1.62. The SMILES string of the molecule is C[AsH](C)(C)CC[AsH](C)(C)C. The van der Waals surface area contributed by atoms with Gasteiger partial charge in [-0.3, -0.25) is 0 Å². The van der Waals surface area contributed by atoms with Crippen LogP contribution in [0.2, 0.25) is 44.7 Å². The molecule has 0 aromatic carbocycles. The Labute approximate surface area is 71.7 Å². The minimum atomic E-state index is -1.17. The Morgan fingerprint density at radius 1 is 0.600 bits per heavy atom. The van der Waals surface area contributed by atoms with E-state index in [1.807, 2.05) is 0 Å². The minimum absolute atomic E-state index is 1.17. The van der Waals surface area contributed by atoms with Crippen LogP contribution in [0.5, 0.6) is 0 Å². The van der Waals surface area contributed by atoms with Crippen LogP contribution in [0.3, 0.4) is 0 Å². The molecule has 0 aromatic heterocycles. The maximum absolute atomic E-state index is 2.52. The van der Waals surface area contributed by atoms with Gasteiger partial charge < -0.3 is 0 Å². The molecule has 0 aliphatic heterocycles. The zero-order valence-electron chi connectivity index (χ0n) is 8.41. The Morgan fingerprint density at radius 2 is 0.800 bits per heavy atom. The first kappa shape index (κ1) is 11.1. The fraction of sp³-hybridized carbons (Fsp3) is 1.00. The number of hydrogen-bond acceptors (Lipinski definition) is 0. The molecule has 0 unspecified atom stereocenters. The molecule has 0 aliphatic carbocycles. The van der Waals surface area contributed by atoms with Crippen molar-refractivity contribution in [3.05, 3.63) is 0 Å². The summed E-state index contributed by atoms with van der Waals surface area (Å²) in [5.74, 6) is 0. The summed E-state index contributed by atoms with van der Waals surface area (Å²) in [5.41, 5.74) is 15.1. The Hall–Kier alpha value is 1.12. The molecule has 0 amide bonds. The zero-order valence-corrected chi connectivity index (χ0v) is 12.6. The number of hydrogen-bond donors (Lipinski definition) is 0. The average Bonchev–Trinajstić information content (AvgIpc) is 1.57. The molecule has 0 spiro atoms. The van der Waals surface area contributed by atoms with E-state index in [-0.39, 0.29) is 0 Å². The van der Waals surface area contributed by atoms with E-state index in [1.54, 1.807) is 10.4 Å². The van der Waals surface area contributed by atoms with E-state index in [9.17, 15) is 0 Å². The quantitative estimate of drug-likeness (QED) is 0.691. The first-order valence-corrected chi connectivity index (χ1v) is 19.8. The average molecular weight is 270 g/mol. The summed E-state index contributed by atoms with van der Waals surface area (Å²) in [4.78, 5) is 0. The molecule has 66 valence electrons. The van der Waals surface area contributed by atoms with Crippen LogP contribution in [-0.2, 0) is 0 Å². The molecule has 2 heteroatoms. The van der Waals surface area contributed by atoms with Gasteiger partial charge in [0.05, 0.1) is 0 Å². The Kier molecular flexibility index (Phi) is 4.09. The van der Waals surface area contributed by atoms with Crippen molar-refractivity contribution < 1.29 is 0 Å². The molecule has 0 N–H and O–H groups in total. The molecular weight excluding hydrogens is 246 g/mol. The van der Waals surface area contributed by atoms with Crippen molar-refractivity contribution in [3.8, 4) is 0 Å². The van der Waals surface area contributed by atoms with Gasteiger partial charge in [-0.1, -0.05) is 0 Å². The van der Waals surface area contributed by atoms with Crippen molar-refractivity contribution in [2.45, 2.75) is 44.7 Å². The molecule has 0 bridgehead atoms. The summed E-state index contributed by atoms with van der Waals surface area (Å²) in [6.07, 6.45) is 0. The van der Waals surface area contributed by atoms with Crippen LogP contribution in [0.25, 0.3) is 0 Å². The van der Waals surface area contributed by atoms with Gasteiger partial charge >= 0.3 is 71.8 Å². The first-order chi connectivity index (χ1) is 4.21. The predicted octanol–water partition coefficient (Wildman–Crippen LogP) is 3.13. The zero-order chi connectivity index (χ0) is 8.41. The second-order valence-electron chi connectivity index (χ2n) is 5.62. The molecule has 0 radical (unpaired) electrons. The molecule has 0 nitrogen and oxygen atoms in total. The first-order valence-electron chi connectivity index (χ1n) is 4.21. The van der Waals surface area contributed by atoms with E-state index in [1.165, 1.54) is 0 Å². The number of rotatable bonds is 3. The summed E-state index contributed by atoms with van der Waals surface area (Å²) in [6.45, 7) is 0. The van der Waals surface area contributed by atoms with Gasteiger partial charge in [0, 0.05) is 0 Å². The van der Waals surface area contributed by atoms with Crippen molar-refractivity contribution in [3.63, 3.8) is 0 Å². The molecule has 10 heavy (non-hydrogen) atoms. The van der Waals surface area contributed by atoms with E-state index in [2.05, 4.69) is 34.3 Å². The van der Waals surface area contributed by atoms with Crippen molar-refractivity contribution in [1.82, 2.24) is 0 Å². The van der Waals surface area contributed by atoms with Crippen molar-refractivity contribution >= 4 is 27.1 Å². The van der Waals surface area contributed by atoms with Crippen LogP contribution in [-0.4, -0.2) is 27.1 Å². The normalized spacial score (nSPS) is 17.0. The molecule has 0 heterocycles. The van der Waals surface area contributed by atoms with Gasteiger partial charge in [0.1, 0.15) is 0 Å². The van der Waals surface area contributed by atoms with Crippen LogP contribution < -0.4 is 0 Å². The second kappa shape index (κ2) is 3.68. The van der Waals surface area contributed by atoms with Gasteiger partial charge in [0.25, 0.3) is 0 Å². The van der Waals surface area contributed by atoms with Crippen LogP contribution >= 0.6 is 0 Å². The fourth-order valence-electron chi connectivity index (χ4n) is 0.750. The predicted molar refractivity (Wildman–Crippen MR) is 59.1 cm³/mol. The standard InChI is InChI=1S/C8H24As2/c1-9(2,3)7-8-10(4,5)6/h9-10H,7-8H2,1-6H3. The van der Waals surface area contributed by atoms with Crippen molar-refractivity contribution in [2.24, 2.45) is 0 Å².